The molecule has 0 aromatic rings. The molecule has 0 bridgehead atoms. The van der Waals surface area contributed by atoms with E-state index in [0.29, 0.717) is 12.8 Å². The van der Waals surface area contributed by atoms with Gasteiger partial charge in [0.15, 0.2) is 6.10 Å². The first-order chi connectivity index (χ1) is 27.1. The van der Waals surface area contributed by atoms with Gasteiger partial charge in [0.1, 0.15) is 12.6 Å². The van der Waals surface area contributed by atoms with Gasteiger partial charge in [0.25, 0.3) is 0 Å². The van der Waals surface area contributed by atoms with Gasteiger partial charge >= 0.3 is 25.7 Å². The fraction of sp³-hybridized carbons (Fsp3) is 0.886. The molecule has 56 heavy (non-hydrogen) atoms. The Morgan fingerprint density at radius 1 is 0.536 bits per heavy atom. The maximum Gasteiger partial charge on any atom is 0.472 e. The van der Waals surface area contributed by atoms with Crippen LogP contribution >= 0.6 is 7.82 Å². The second-order valence-corrected chi connectivity index (χ2v) is 17.0. The number of esters is 2. The zero-order valence-corrected chi connectivity index (χ0v) is 36.6. The average Bonchev–Trinajstić information content (AvgIpc) is 3.17. The van der Waals surface area contributed by atoms with E-state index in [9.17, 15) is 23.8 Å². The number of hydrogen-bond acceptors (Lipinski definition) is 9. The molecule has 0 aromatic heterocycles. The lowest BCUT2D eigenvalue weighted by Gasteiger charge is -2.20. The summed E-state index contributed by atoms with van der Waals surface area (Å²) in [5.74, 6) is -2.37. The van der Waals surface area contributed by atoms with Crippen molar-refractivity contribution in [1.82, 2.24) is 0 Å². The number of carbonyl (C=O) groups excluding carboxylic acids is 2. The van der Waals surface area contributed by atoms with Gasteiger partial charge in [-0.15, -0.1) is 0 Å². The summed E-state index contributed by atoms with van der Waals surface area (Å²) >= 11 is 0. The monoisotopic (exact) mass is 818 g/mol. The SMILES string of the molecule is CCCCCCCCC/C=C\CCCCCCCC(=O)OC(COC(=O)CCCCCCCCCCCCCCCCCC)COP(=O)(O)OCC(N)C(=O)O. The minimum atomic E-state index is -4.71. The van der Waals surface area contributed by atoms with Gasteiger partial charge in [0.05, 0.1) is 13.2 Å². The average molecular weight is 818 g/mol. The minimum absolute atomic E-state index is 0.155. The Balaban J connectivity index is 4.32. The number of ether oxygens (including phenoxy) is 2. The van der Waals surface area contributed by atoms with Crippen LogP contribution in [0.3, 0.4) is 0 Å². The number of phosphoric ester groups is 1. The molecule has 0 rings (SSSR count). The van der Waals surface area contributed by atoms with Gasteiger partial charge < -0.3 is 25.2 Å². The Morgan fingerprint density at radius 3 is 1.30 bits per heavy atom. The molecule has 0 spiro atoms. The van der Waals surface area contributed by atoms with Gasteiger partial charge in [-0.25, -0.2) is 4.57 Å². The molecule has 3 unspecified atom stereocenters. The topological polar surface area (TPSA) is 172 Å². The lowest BCUT2D eigenvalue weighted by atomic mass is 10.0. The molecule has 0 heterocycles. The van der Waals surface area contributed by atoms with Crippen LogP contribution in [-0.4, -0.2) is 59.9 Å². The fourth-order valence-electron chi connectivity index (χ4n) is 6.41. The summed E-state index contributed by atoms with van der Waals surface area (Å²) in [5.41, 5.74) is 5.34. The van der Waals surface area contributed by atoms with E-state index in [-0.39, 0.29) is 19.4 Å². The van der Waals surface area contributed by atoms with Crippen LogP contribution in [0.1, 0.15) is 219 Å². The van der Waals surface area contributed by atoms with Crippen molar-refractivity contribution in [1.29, 1.82) is 0 Å². The fourth-order valence-corrected chi connectivity index (χ4v) is 7.19. The van der Waals surface area contributed by atoms with Crippen LogP contribution in [0, 0.1) is 0 Å². The van der Waals surface area contributed by atoms with Crippen LogP contribution in [0.4, 0.5) is 0 Å². The predicted molar refractivity (Wildman–Crippen MR) is 226 cm³/mol. The minimum Gasteiger partial charge on any atom is -0.480 e. The third-order valence-electron chi connectivity index (χ3n) is 10.0. The highest BCUT2D eigenvalue weighted by atomic mass is 31.2. The number of phosphoric acid groups is 1. The Hall–Kier alpha value is -1.78. The standard InChI is InChI=1S/C44H84NO10P/c1-3-5-7-9-11-13-15-17-19-21-23-25-27-29-31-33-35-42(46)52-37-40(38-53-56(50,51)54-39-41(45)44(48)49)55-43(47)36-34-32-30-28-26-24-22-20-18-16-14-12-10-8-6-4-2/h20,22,40-41H,3-19,21,23-39,45H2,1-2H3,(H,48,49)(H,50,51)/b22-20-. The van der Waals surface area contributed by atoms with E-state index in [1.807, 2.05) is 0 Å². The Bertz CT molecular complexity index is 1010. The number of nitrogens with two attached hydrogens (primary N) is 1. The summed E-state index contributed by atoms with van der Waals surface area (Å²) < 4.78 is 32.7. The van der Waals surface area contributed by atoms with Gasteiger partial charge in [0.2, 0.25) is 0 Å². The van der Waals surface area contributed by atoms with E-state index in [1.54, 1.807) is 0 Å². The highest BCUT2D eigenvalue weighted by Crippen LogP contribution is 2.43. The predicted octanol–water partition coefficient (Wildman–Crippen LogP) is 12.1. The van der Waals surface area contributed by atoms with Gasteiger partial charge in [-0.05, 0) is 38.5 Å². The molecule has 330 valence electrons. The van der Waals surface area contributed by atoms with Crippen molar-refractivity contribution in [2.75, 3.05) is 19.8 Å². The molecule has 0 saturated carbocycles. The van der Waals surface area contributed by atoms with Crippen molar-refractivity contribution in [3.05, 3.63) is 12.2 Å². The number of carbonyl (C=O) groups is 3. The second kappa shape index (κ2) is 40.0. The van der Waals surface area contributed by atoms with Crippen molar-refractivity contribution < 1.29 is 47.5 Å². The summed E-state index contributed by atoms with van der Waals surface area (Å²) in [4.78, 5) is 46.0. The smallest absolute Gasteiger partial charge is 0.472 e. The first-order valence-corrected chi connectivity index (χ1v) is 24.2. The number of carboxylic acids is 1. The molecule has 11 nitrogen and oxygen atoms in total. The van der Waals surface area contributed by atoms with Gasteiger partial charge in [-0.1, -0.05) is 180 Å². The summed E-state index contributed by atoms with van der Waals surface area (Å²) in [6, 6.07) is -1.52. The first-order valence-electron chi connectivity index (χ1n) is 22.7. The van der Waals surface area contributed by atoms with Crippen molar-refractivity contribution in [2.24, 2.45) is 5.73 Å². The third-order valence-corrected chi connectivity index (χ3v) is 11.0. The van der Waals surface area contributed by atoms with Crippen LogP contribution in [0.5, 0.6) is 0 Å². The van der Waals surface area contributed by atoms with Crippen molar-refractivity contribution >= 4 is 25.7 Å². The molecule has 0 fully saturated rings. The van der Waals surface area contributed by atoms with E-state index < -0.39 is 51.1 Å². The number of allylic oxidation sites excluding steroid dienone is 2. The molecule has 0 aromatic carbocycles. The summed E-state index contributed by atoms with van der Waals surface area (Å²) in [5, 5.41) is 8.89. The van der Waals surface area contributed by atoms with Gasteiger partial charge in [0, 0.05) is 12.8 Å². The molecule has 0 aliphatic heterocycles. The second-order valence-electron chi connectivity index (χ2n) is 15.5. The van der Waals surface area contributed by atoms with E-state index in [0.717, 1.165) is 57.8 Å². The van der Waals surface area contributed by atoms with Crippen LogP contribution in [-0.2, 0) is 37.5 Å². The van der Waals surface area contributed by atoms with Crippen LogP contribution in [0.2, 0.25) is 0 Å². The zero-order valence-electron chi connectivity index (χ0n) is 35.7. The Labute approximate surface area is 341 Å². The number of hydrogen-bond donors (Lipinski definition) is 3. The summed E-state index contributed by atoms with van der Waals surface area (Å²) in [6.07, 6.45) is 39.8. The molecule has 0 aliphatic rings. The molecule has 0 radical (unpaired) electrons. The highest BCUT2D eigenvalue weighted by molar-refractivity contribution is 7.47. The number of carboxylic acid groups (broad SMARTS) is 1. The molecule has 0 amide bonds. The van der Waals surface area contributed by atoms with Crippen LogP contribution < -0.4 is 5.73 Å². The molecule has 4 N–H and O–H groups in total. The van der Waals surface area contributed by atoms with Gasteiger partial charge in [-0.3, -0.25) is 23.4 Å². The third kappa shape index (κ3) is 39.1. The Morgan fingerprint density at radius 2 is 0.893 bits per heavy atom. The van der Waals surface area contributed by atoms with Gasteiger partial charge in [-0.2, -0.15) is 0 Å². The van der Waals surface area contributed by atoms with Crippen LogP contribution in [0.15, 0.2) is 12.2 Å². The van der Waals surface area contributed by atoms with E-state index >= 15 is 0 Å². The molecule has 0 saturated heterocycles. The first kappa shape index (κ1) is 54.2. The molecule has 0 aliphatic carbocycles. The van der Waals surface area contributed by atoms with Crippen molar-refractivity contribution in [3.8, 4) is 0 Å². The molecule has 12 heteroatoms. The number of rotatable bonds is 43. The maximum atomic E-state index is 12.6. The quantitative estimate of drug-likeness (QED) is 0.0231. The highest BCUT2D eigenvalue weighted by Gasteiger charge is 2.28. The van der Waals surface area contributed by atoms with Crippen molar-refractivity contribution in [3.63, 3.8) is 0 Å². The summed E-state index contributed by atoms with van der Waals surface area (Å²) in [6.45, 7) is 2.82. The number of aliphatic carboxylic acids is 1. The van der Waals surface area contributed by atoms with Crippen LogP contribution in [0.25, 0.3) is 0 Å². The maximum absolute atomic E-state index is 12.6. The molecule has 3 atom stereocenters. The molecular formula is C44H84NO10P. The largest absolute Gasteiger partial charge is 0.480 e. The Kier molecular flexibility index (Phi) is 38.7. The lowest BCUT2D eigenvalue weighted by Crippen LogP contribution is -2.34. The summed E-state index contributed by atoms with van der Waals surface area (Å²) in [7, 11) is -4.71. The zero-order chi connectivity index (χ0) is 41.4. The van der Waals surface area contributed by atoms with E-state index in [2.05, 4.69) is 30.5 Å². The van der Waals surface area contributed by atoms with E-state index in [1.165, 1.54) is 122 Å². The molecular weight excluding hydrogens is 733 g/mol. The van der Waals surface area contributed by atoms with E-state index in [4.69, 9.17) is 24.8 Å². The lowest BCUT2D eigenvalue weighted by molar-refractivity contribution is -0.161. The number of unbranched alkanes of at least 4 members (excludes halogenated alkanes) is 27. The van der Waals surface area contributed by atoms with Crippen molar-refractivity contribution in [2.45, 2.75) is 231 Å². The normalized spacial score (nSPS) is 13.8.